The van der Waals surface area contributed by atoms with Crippen LogP contribution in [0.25, 0.3) is 0 Å². The fourth-order valence-electron chi connectivity index (χ4n) is 2.62. The lowest BCUT2D eigenvalue weighted by Gasteiger charge is -2.22. The van der Waals surface area contributed by atoms with Crippen molar-refractivity contribution in [2.24, 2.45) is 10.8 Å². The smallest absolute Gasteiger partial charge is 0.254 e. The highest BCUT2D eigenvalue weighted by atomic mass is 16.5. The first-order valence-corrected chi connectivity index (χ1v) is 8.61. The molecule has 0 saturated carbocycles. The second kappa shape index (κ2) is 8.90. The molecule has 2 aromatic heterocycles. The first kappa shape index (κ1) is 18.5. The zero-order valence-corrected chi connectivity index (χ0v) is 14.8. The number of amides is 1. The third-order valence-corrected chi connectivity index (χ3v) is 4.01. The van der Waals surface area contributed by atoms with Crippen LogP contribution < -0.4 is 16.5 Å². The van der Waals surface area contributed by atoms with Crippen molar-refractivity contribution in [1.29, 1.82) is 0 Å². The molecule has 10 heteroatoms. The molecule has 1 amide bonds. The summed E-state index contributed by atoms with van der Waals surface area (Å²) in [4.78, 5) is 20.0. The van der Waals surface area contributed by atoms with Gasteiger partial charge in [-0.25, -0.2) is 4.98 Å². The van der Waals surface area contributed by atoms with Gasteiger partial charge in [-0.15, -0.1) is 6.58 Å². The highest BCUT2D eigenvalue weighted by molar-refractivity contribution is 5.97. The van der Waals surface area contributed by atoms with Crippen LogP contribution in [0.5, 0.6) is 0 Å². The fourth-order valence-corrected chi connectivity index (χ4v) is 2.62. The predicted molar refractivity (Wildman–Crippen MR) is 102 cm³/mol. The second-order valence-corrected chi connectivity index (χ2v) is 5.95. The predicted octanol–water partition coefficient (Wildman–Crippen LogP) is 1.84. The molecule has 1 aliphatic rings. The van der Waals surface area contributed by atoms with Crippen molar-refractivity contribution in [1.82, 2.24) is 19.7 Å². The van der Waals surface area contributed by atoms with Crippen molar-refractivity contribution in [2.75, 3.05) is 24.0 Å². The molecule has 0 unspecified atom stereocenters. The van der Waals surface area contributed by atoms with E-state index in [1.54, 1.807) is 18.5 Å². The number of primary amides is 1. The molecule has 3 rings (SSSR count). The monoisotopic (exact) mass is 370 g/mol. The summed E-state index contributed by atoms with van der Waals surface area (Å²) >= 11 is 0. The van der Waals surface area contributed by atoms with Crippen molar-refractivity contribution < 1.29 is 9.53 Å². The number of nitrogens with two attached hydrogens (primary N) is 1. The number of hydrazone groups is 1. The van der Waals surface area contributed by atoms with Gasteiger partial charge in [0.1, 0.15) is 5.56 Å². The Morgan fingerprint density at radius 3 is 3.00 bits per heavy atom. The quantitative estimate of drug-likeness (QED) is 0.367. The summed E-state index contributed by atoms with van der Waals surface area (Å²) in [7, 11) is 0. The van der Waals surface area contributed by atoms with Crippen LogP contribution in [0.15, 0.2) is 36.3 Å². The molecule has 0 bridgehead atoms. The van der Waals surface area contributed by atoms with Crippen LogP contribution >= 0.6 is 0 Å². The molecule has 4 N–H and O–H groups in total. The van der Waals surface area contributed by atoms with Crippen molar-refractivity contribution in [3.05, 3.63) is 36.8 Å². The van der Waals surface area contributed by atoms with Crippen molar-refractivity contribution in [2.45, 2.75) is 25.3 Å². The lowest BCUT2D eigenvalue weighted by molar-refractivity contribution is 0.0662. The summed E-state index contributed by atoms with van der Waals surface area (Å²) in [6, 6.07) is 0.323. The molecule has 1 fully saturated rings. The Morgan fingerprint density at radius 2 is 2.26 bits per heavy atom. The number of hydrogen-bond acceptors (Lipinski definition) is 8. The fraction of sp³-hybridized carbons (Fsp3) is 0.353. The molecule has 0 aliphatic carbocycles. The molecule has 27 heavy (non-hydrogen) atoms. The van der Waals surface area contributed by atoms with Gasteiger partial charge in [-0.05, 0) is 12.8 Å². The van der Waals surface area contributed by atoms with Crippen LogP contribution in [0.2, 0.25) is 0 Å². The van der Waals surface area contributed by atoms with Crippen LogP contribution in [0.3, 0.4) is 0 Å². The van der Waals surface area contributed by atoms with Crippen LogP contribution in [0.1, 0.15) is 35.7 Å². The molecular weight excluding hydrogens is 348 g/mol. The lowest BCUT2D eigenvalue weighted by atomic mass is 10.1. The summed E-state index contributed by atoms with van der Waals surface area (Å²) in [5.74, 6) is -0.125. The molecule has 1 saturated heterocycles. The van der Waals surface area contributed by atoms with E-state index in [4.69, 9.17) is 10.5 Å². The Labute approximate surface area is 156 Å². The number of aromatic nitrogens is 4. The van der Waals surface area contributed by atoms with Crippen molar-refractivity contribution in [3.63, 3.8) is 0 Å². The van der Waals surface area contributed by atoms with Crippen molar-refractivity contribution in [3.8, 4) is 0 Å². The molecule has 10 nitrogen and oxygen atoms in total. The topological polar surface area (TPSA) is 132 Å². The first-order chi connectivity index (χ1) is 13.2. The zero-order valence-electron chi connectivity index (χ0n) is 14.8. The highest BCUT2D eigenvalue weighted by Gasteiger charge is 2.17. The molecule has 3 heterocycles. The summed E-state index contributed by atoms with van der Waals surface area (Å²) < 4.78 is 7.29. The van der Waals surface area contributed by atoms with Gasteiger partial charge in [0, 0.05) is 38.2 Å². The largest absolute Gasteiger partial charge is 0.381 e. The van der Waals surface area contributed by atoms with Gasteiger partial charge in [0.2, 0.25) is 5.95 Å². The number of carbonyl (C=O) groups excluding carboxylic acids is 1. The SMILES string of the molecule is C=CC/C=N/Nc1nc(Nc2cnn(C3CCOCC3)c2)ncc1C(N)=O. The average Bonchev–Trinajstić information content (AvgIpc) is 3.14. The van der Waals surface area contributed by atoms with Crippen LogP contribution in [-0.4, -0.2) is 45.1 Å². The molecule has 142 valence electrons. The Kier molecular flexibility index (Phi) is 6.10. The molecule has 2 aromatic rings. The van der Waals surface area contributed by atoms with Crippen molar-refractivity contribution >= 4 is 29.6 Å². The third-order valence-electron chi connectivity index (χ3n) is 4.01. The lowest BCUT2D eigenvalue weighted by Crippen LogP contribution is -2.19. The second-order valence-electron chi connectivity index (χ2n) is 5.95. The molecule has 0 spiro atoms. The standard InChI is InChI=1S/C17H22N8O2/c1-2-3-6-20-24-16-14(15(18)26)10-19-17(23-16)22-12-9-21-25(11-12)13-4-7-27-8-5-13/h2,6,9-11,13H,1,3-5,7-8H2,(H2,18,26)(H2,19,22,23,24)/b20-6+. The maximum absolute atomic E-state index is 11.5. The Hall–Kier alpha value is -3.27. The van der Waals surface area contributed by atoms with E-state index in [1.165, 1.54) is 6.20 Å². The van der Waals surface area contributed by atoms with E-state index in [1.807, 2.05) is 10.9 Å². The van der Waals surface area contributed by atoms with Gasteiger partial charge in [0.25, 0.3) is 5.91 Å². The number of nitrogens with one attached hydrogen (secondary N) is 2. The van der Waals surface area contributed by atoms with Gasteiger partial charge in [-0.3, -0.25) is 14.9 Å². The number of hydrogen-bond donors (Lipinski definition) is 3. The van der Waals surface area contributed by atoms with E-state index in [2.05, 4.69) is 37.5 Å². The summed E-state index contributed by atoms with van der Waals surface area (Å²) in [6.45, 7) is 5.09. The first-order valence-electron chi connectivity index (χ1n) is 8.61. The van der Waals surface area contributed by atoms with E-state index in [0.717, 1.165) is 31.7 Å². The van der Waals surface area contributed by atoms with Gasteiger partial charge < -0.3 is 15.8 Å². The summed E-state index contributed by atoms with van der Waals surface area (Å²) in [5.41, 5.74) is 8.96. The van der Waals surface area contributed by atoms with E-state index >= 15 is 0 Å². The summed E-state index contributed by atoms with van der Waals surface area (Å²) in [6.07, 6.45) is 10.7. The molecule has 1 aliphatic heterocycles. The molecule has 0 atom stereocenters. The third kappa shape index (κ3) is 4.88. The number of ether oxygens (including phenoxy) is 1. The van der Waals surface area contributed by atoms with Gasteiger partial charge in [-0.1, -0.05) is 6.08 Å². The van der Waals surface area contributed by atoms with Crippen LogP contribution in [0, 0.1) is 0 Å². The highest BCUT2D eigenvalue weighted by Crippen LogP contribution is 2.23. The molecular formula is C17H22N8O2. The van der Waals surface area contributed by atoms with Crippen LogP contribution in [-0.2, 0) is 4.74 Å². The number of anilines is 3. The minimum Gasteiger partial charge on any atom is -0.381 e. The average molecular weight is 370 g/mol. The maximum atomic E-state index is 11.5. The Balaban J connectivity index is 1.73. The zero-order chi connectivity index (χ0) is 19.1. The molecule has 0 aromatic carbocycles. The normalized spacial score (nSPS) is 15.0. The Bertz CT molecular complexity index is 826. The van der Waals surface area contributed by atoms with Gasteiger partial charge >= 0.3 is 0 Å². The van der Waals surface area contributed by atoms with Crippen LogP contribution in [0.4, 0.5) is 17.5 Å². The van der Waals surface area contributed by atoms with E-state index in [9.17, 15) is 4.79 Å². The molecule has 0 radical (unpaired) electrons. The van der Waals surface area contributed by atoms with Gasteiger partial charge in [0.05, 0.1) is 17.9 Å². The van der Waals surface area contributed by atoms with Gasteiger partial charge in [0.15, 0.2) is 5.82 Å². The number of rotatable bonds is 8. The number of nitrogens with zero attached hydrogens (tertiary/aromatic N) is 5. The number of carbonyl (C=O) groups is 1. The number of allylic oxidation sites excluding steroid dienone is 1. The maximum Gasteiger partial charge on any atom is 0.254 e. The minimum atomic E-state index is -0.643. The summed E-state index contributed by atoms with van der Waals surface area (Å²) in [5, 5.41) is 11.5. The van der Waals surface area contributed by atoms with E-state index in [0.29, 0.717) is 18.4 Å². The Morgan fingerprint density at radius 1 is 1.44 bits per heavy atom. The van der Waals surface area contributed by atoms with Gasteiger partial charge in [-0.2, -0.15) is 15.2 Å². The van der Waals surface area contributed by atoms with E-state index in [-0.39, 0.29) is 11.4 Å². The minimum absolute atomic E-state index is 0.147. The van der Waals surface area contributed by atoms with E-state index < -0.39 is 5.91 Å².